The summed E-state index contributed by atoms with van der Waals surface area (Å²) in [6.07, 6.45) is 2.10. The van der Waals surface area contributed by atoms with E-state index in [2.05, 4.69) is 34.5 Å². The SMILES string of the molecule is COC(=O)C1=C(C)NC(C)=C(C(=O)OCCN2CCC(c3ccccc3)CC2)C1c1cccc([N+](=O)[O-])c1. The van der Waals surface area contributed by atoms with Crippen LogP contribution in [0.4, 0.5) is 5.69 Å². The number of methoxy groups -OCH3 is 1. The Labute approximate surface area is 222 Å². The lowest BCUT2D eigenvalue weighted by atomic mass is 9.80. The van der Waals surface area contributed by atoms with Crippen molar-refractivity contribution in [3.8, 4) is 0 Å². The molecule has 9 nitrogen and oxygen atoms in total. The zero-order valence-electron chi connectivity index (χ0n) is 21.9. The molecule has 0 aromatic heterocycles. The van der Waals surface area contributed by atoms with Crippen LogP contribution in [0, 0.1) is 10.1 Å². The molecule has 1 saturated heterocycles. The van der Waals surface area contributed by atoms with Gasteiger partial charge < -0.3 is 14.8 Å². The van der Waals surface area contributed by atoms with Gasteiger partial charge in [-0.25, -0.2) is 9.59 Å². The summed E-state index contributed by atoms with van der Waals surface area (Å²) in [6, 6.07) is 16.5. The van der Waals surface area contributed by atoms with E-state index in [1.165, 1.54) is 30.9 Å². The summed E-state index contributed by atoms with van der Waals surface area (Å²) in [5.41, 5.74) is 3.17. The summed E-state index contributed by atoms with van der Waals surface area (Å²) in [4.78, 5) is 39.4. The Morgan fingerprint density at radius 1 is 0.974 bits per heavy atom. The molecule has 0 radical (unpaired) electrons. The molecule has 1 unspecified atom stereocenters. The van der Waals surface area contributed by atoms with Crippen molar-refractivity contribution in [3.05, 3.63) is 98.4 Å². The van der Waals surface area contributed by atoms with Crippen LogP contribution in [0.15, 0.2) is 77.1 Å². The van der Waals surface area contributed by atoms with Crippen LogP contribution in [-0.4, -0.2) is 55.1 Å². The average Bonchev–Trinajstić information content (AvgIpc) is 2.93. The van der Waals surface area contributed by atoms with Gasteiger partial charge in [0.25, 0.3) is 5.69 Å². The molecule has 0 saturated carbocycles. The summed E-state index contributed by atoms with van der Waals surface area (Å²) in [6.45, 7) is 6.08. The van der Waals surface area contributed by atoms with Gasteiger partial charge in [-0.1, -0.05) is 42.5 Å². The Bertz CT molecular complexity index is 1260. The number of piperidine rings is 1. The molecular formula is C29H33N3O6. The van der Waals surface area contributed by atoms with Crippen molar-refractivity contribution in [3.63, 3.8) is 0 Å². The highest BCUT2D eigenvalue weighted by Gasteiger charge is 2.38. The van der Waals surface area contributed by atoms with Gasteiger partial charge in [0.05, 0.1) is 29.1 Å². The van der Waals surface area contributed by atoms with Crippen molar-refractivity contribution in [2.24, 2.45) is 0 Å². The highest BCUT2D eigenvalue weighted by Crippen LogP contribution is 2.40. The standard InChI is InChI=1S/C29H33N3O6/c1-19-25(28(33)37-3)27(23-10-7-11-24(18-23)32(35)36)26(20(2)30-19)29(34)38-17-16-31-14-12-22(13-15-31)21-8-5-4-6-9-21/h4-11,18,22,27,30H,12-17H2,1-3H3. The number of dihydropyridines is 1. The van der Waals surface area contributed by atoms with Gasteiger partial charge in [-0.15, -0.1) is 0 Å². The van der Waals surface area contributed by atoms with E-state index >= 15 is 0 Å². The largest absolute Gasteiger partial charge is 0.466 e. The molecule has 38 heavy (non-hydrogen) atoms. The van der Waals surface area contributed by atoms with Crippen LogP contribution < -0.4 is 5.32 Å². The highest BCUT2D eigenvalue weighted by molar-refractivity contribution is 5.99. The first-order chi connectivity index (χ1) is 18.3. The molecule has 2 aliphatic heterocycles. The zero-order valence-corrected chi connectivity index (χ0v) is 21.9. The summed E-state index contributed by atoms with van der Waals surface area (Å²) >= 11 is 0. The monoisotopic (exact) mass is 519 g/mol. The number of nitro benzene ring substituents is 1. The summed E-state index contributed by atoms with van der Waals surface area (Å²) in [5, 5.41) is 14.5. The molecular weight excluding hydrogens is 486 g/mol. The third-order valence-electron chi connectivity index (χ3n) is 7.30. The number of ether oxygens (including phenoxy) is 2. The fraction of sp³-hybridized carbons (Fsp3) is 0.379. The number of likely N-dealkylation sites (tertiary alicyclic amines) is 1. The van der Waals surface area contributed by atoms with Crippen LogP contribution in [0.2, 0.25) is 0 Å². The lowest BCUT2D eigenvalue weighted by molar-refractivity contribution is -0.384. The second kappa shape index (κ2) is 12.0. The number of carbonyl (C=O) groups excluding carboxylic acids is 2. The van der Waals surface area contributed by atoms with Crippen molar-refractivity contribution in [2.75, 3.05) is 33.4 Å². The van der Waals surface area contributed by atoms with E-state index in [1.807, 2.05) is 6.07 Å². The van der Waals surface area contributed by atoms with Crippen LogP contribution in [-0.2, 0) is 19.1 Å². The molecule has 9 heteroatoms. The van der Waals surface area contributed by atoms with Crippen LogP contribution in [0.5, 0.6) is 0 Å². The van der Waals surface area contributed by atoms with Crippen LogP contribution in [0.25, 0.3) is 0 Å². The molecule has 2 heterocycles. The Balaban J connectivity index is 1.47. The summed E-state index contributed by atoms with van der Waals surface area (Å²) in [5.74, 6) is -1.51. The second-order valence-corrected chi connectivity index (χ2v) is 9.64. The normalized spacial score (nSPS) is 18.7. The smallest absolute Gasteiger partial charge is 0.336 e. The number of rotatable bonds is 8. The highest BCUT2D eigenvalue weighted by atomic mass is 16.6. The minimum absolute atomic E-state index is 0.132. The number of nitrogens with one attached hydrogen (secondary N) is 1. The van der Waals surface area contributed by atoms with Gasteiger partial charge in [-0.05, 0) is 56.8 Å². The quantitative estimate of drug-likeness (QED) is 0.310. The molecule has 2 aromatic rings. The van der Waals surface area contributed by atoms with Gasteiger partial charge >= 0.3 is 11.9 Å². The van der Waals surface area contributed by atoms with E-state index in [9.17, 15) is 19.7 Å². The van der Waals surface area contributed by atoms with Crippen molar-refractivity contribution < 1.29 is 24.0 Å². The van der Waals surface area contributed by atoms with Crippen molar-refractivity contribution >= 4 is 17.6 Å². The first-order valence-electron chi connectivity index (χ1n) is 12.8. The molecule has 0 aliphatic carbocycles. The number of hydrogen-bond acceptors (Lipinski definition) is 8. The molecule has 1 N–H and O–H groups in total. The lowest BCUT2D eigenvalue weighted by Crippen LogP contribution is -2.36. The molecule has 1 fully saturated rings. The average molecular weight is 520 g/mol. The van der Waals surface area contributed by atoms with Gasteiger partial charge in [-0.2, -0.15) is 0 Å². The molecule has 1 atom stereocenters. The van der Waals surface area contributed by atoms with Crippen molar-refractivity contribution in [2.45, 2.75) is 38.5 Å². The third kappa shape index (κ3) is 5.94. The molecule has 4 rings (SSSR count). The Hall–Kier alpha value is -3.98. The number of esters is 2. The van der Waals surface area contributed by atoms with E-state index in [0.717, 1.165) is 25.9 Å². The van der Waals surface area contributed by atoms with Crippen molar-refractivity contribution in [1.29, 1.82) is 0 Å². The minimum atomic E-state index is -0.863. The molecule has 2 aromatic carbocycles. The van der Waals surface area contributed by atoms with E-state index in [0.29, 0.717) is 29.4 Å². The summed E-state index contributed by atoms with van der Waals surface area (Å²) < 4.78 is 10.7. The number of non-ortho nitro benzene ring substituents is 1. The Kier molecular flexibility index (Phi) is 8.58. The first-order valence-corrected chi connectivity index (χ1v) is 12.8. The first kappa shape index (κ1) is 27.1. The number of nitrogens with zero attached hydrogens (tertiary/aromatic N) is 2. The van der Waals surface area contributed by atoms with Crippen LogP contribution in [0.3, 0.4) is 0 Å². The van der Waals surface area contributed by atoms with Gasteiger partial charge in [0.2, 0.25) is 0 Å². The number of benzene rings is 2. The second-order valence-electron chi connectivity index (χ2n) is 9.64. The van der Waals surface area contributed by atoms with Gasteiger partial charge in [0.1, 0.15) is 6.61 Å². The van der Waals surface area contributed by atoms with Gasteiger partial charge in [0.15, 0.2) is 0 Å². The van der Waals surface area contributed by atoms with Crippen LogP contribution >= 0.6 is 0 Å². The van der Waals surface area contributed by atoms with E-state index in [-0.39, 0.29) is 23.4 Å². The number of nitro groups is 1. The molecule has 2 aliphatic rings. The van der Waals surface area contributed by atoms with E-state index < -0.39 is 22.8 Å². The maximum atomic E-state index is 13.4. The Morgan fingerprint density at radius 2 is 1.61 bits per heavy atom. The van der Waals surface area contributed by atoms with Gasteiger partial charge in [-0.3, -0.25) is 15.0 Å². The fourth-order valence-corrected chi connectivity index (χ4v) is 5.36. The van der Waals surface area contributed by atoms with Crippen molar-refractivity contribution in [1.82, 2.24) is 10.2 Å². The molecule has 0 spiro atoms. The fourth-order valence-electron chi connectivity index (χ4n) is 5.36. The van der Waals surface area contributed by atoms with E-state index in [1.54, 1.807) is 19.9 Å². The summed E-state index contributed by atoms with van der Waals surface area (Å²) in [7, 11) is 1.26. The number of allylic oxidation sites excluding steroid dienone is 2. The molecule has 0 amide bonds. The molecule has 0 bridgehead atoms. The number of carbonyl (C=O) groups is 2. The van der Waals surface area contributed by atoms with Crippen LogP contribution in [0.1, 0.15) is 49.7 Å². The minimum Gasteiger partial charge on any atom is -0.466 e. The third-order valence-corrected chi connectivity index (χ3v) is 7.30. The van der Waals surface area contributed by atoms with E-state index in [4.69, 9.17) is 9.47 Å². The predicted octanol–water partition coefficient (Wildman–Crippen LogP) is 4.43. The lowest BCUT2D eigenvalue weighted by Gasteiger charge is -2.32. The van der Waals surface area contributed by atoms with Gasteiger partial charge in [0, 0.05) is 30.1 Å². The topological polar surface area (TPSA) is 111 Å². The Morgan fingerprint density at radius 3 is 2.24 bits per heavy atom. The molecule has 200 valence electrons. The maximum absolute atomic E-state index is 13.4. The predicted molar refractivity (Wildman–Crippen MR) is 142 cm³/mol. The number of hydrogen-bond donors (Lipinski definition) is 1. The maximum Gasteiger partial charge on any atom is 0.336 e. The zero-order chi connectivity index (χ0) is 27.2.